The highest BCUT2D eigenvalue weighted by Gasteiger charge is 2.39. The molecule has 1 unspecified atom stereocenters. The molecule has 0 saturated heterocycles. The summed E-state index contributed by atoms with van der Waals surface area (Å²) in [6, 6.07) is 0. The number of ketones is 2. The molecule has 0 aliphatic heterocycles. The Morgan fingerprint density at radius 3 is 2.77 bits per heavy atom. The van der Waals surface area contributed by atoms with Gasteiger partial charge in [0.15, 0.2) is 11.6 Å². The van der Waals surface area contributed by atoms with Crippen LogP contribution in [0.3, 0.4) is 0 Å². The summed E-state index contributed by atoms with van der Waals surface area (Å²) < 4.78 is 0. The second kappa shape index (κ2) is 2.79. The van der Waals surface area contributed by atoms with Gasteiger partial charge in [0.1, 0.15) is 0 Å². The summed E-state index contributed by atoms with van der Waals surface area (Å²) in [5, 5.41) is 0. The Balaban J connectivity index is 2.40. The Bertz CT molecular complexity index is 301. The smallest absolute Gasteiger partial charge is 0.159 e. The van der Waals surface area contributed by atoms with Gasteiger partial charge in [-0.25, -0.2) is 0 Å². The summed E-state index contributed by atoms with van der Waals surface area (Å²) in [7, 11) is 0. The number of rotatable bonds is 0. The van der Waals surface area contributed by atoms with Gasteiger partial charge >= 0.3 is 0 Å². The van der Waals surface area contributed by atoms with Crippen LogP contribution >= 0.6 is 0 Å². The van der Waals surface area contributed by atoms with E-state index in [0.29, 0.717) is 12.8 Å². The zero-order valence-corrected chi connectivity index (χ0v) is 7.93. The number of allylic oxidation sites excluding steroid dienone is 2. The minimum atomic E-state index is 0.0171. The van der Waals surface area contributed by atoms with Crippen molar-refractivity contribution in [1.82, 2.24) is 0 Å². The van der Waals surface area contributed by atoms with Gasteiger partial charge in [-0.3, -0.25) is 9.59 Å². The number of hydrogen-bond acceptors (Lipinski definition) is 2. The van der Waals surface area contributed by atoms with E-state index in [4.69, 9.17) is 0 Å². The standard InChI is InChI=1S/C11H14O2/c1-11-5-2-3-10(13)9(11)7-8(12)4-6-11/h7H,2-6H2,1H3. The predicted octanol–water partition coefficient (Wildman–Crippen LogP) is 2.04. The van der Waals surface area contributed by atoms with E-state index in [0.717, 1.165) is 24.8 Å². The van der Waals surface area contributed by atoms with E-state index in [-0.39, 0.29) is 17.0 Å². The normalized spacial score (nSPS) is 34.1. The molecule has 0 bridgehead atoms. The third-order valence-corrected chi connectivity index (χ3v) is 3.31. The van der Waals surface area contributed by atoms with Crippen molar-refractivity contribution in [2.24, 2.45) is 5.41 Å². The lowest BCUT2D eigenvalue weighted by molar-refractivity contribution is -0.121. The molecular weight excluding hydrogens is 164 g/mol. The maximum atomic E-state index is 11.6. The van der Waals surface area contributed by atoms with E-state index >= 15 is 0 Å². The Kier molecular flexibility index (Phi) is 1.86. The van der Waals surface area contributed by atoms with Crippen LogP contribution in [0.25, 0.3) is 0 Å². The monoisotopic (exact) mass is 178 g/mol. The van der Waals surface area contributed by atoms with Gasteiger partial charge in [0.25, 0.3) is 0 Å². The van der Waals surface area contributed by atoms with Crippen molar-refractivity contribution in [2.45, 2.75) is 39.0 Å². The summed E-state index contributed by atoms with van der Waals surface area (Å²) in [5.41, 5.74) is 0.818. The second-order valence-electron chi connectivity index (χ2n) is 4.36. The third kappa shape index (κ3) is 1.34. The molecule has 0 spiro atoms. The van der Waals surface area contributed by atoms with Crippen LogP contribution in [0.5, 0.6) is 0 Å². The zero-order valence-electron chi connectivity index (χ0n) is 7.93. The molecule has 0 aromatic carbocycles. The van der Waals surface area contributed by atoms with Crippen LogP contribution in [0.2, 0.25) is 0 Å². The zero-order chi connectivity index (χ0) is 9.47. The molecule has 0 aromatic rings. The molecule has 2 nitrogen and oxygen atoms in total. The summed E-state index contributed by atoms with van der Waals surface area (Å²) in [6.45, 7) is 2.11. The summed E-state index contributed by atoms with van der Waals surface area (Å²) in [4.78, 5) is 22.7. The van der Waals surface area contributed by atoms with Gasteiger partial charge in [0.2, 0.25) is 0 Å². The van der Waals surface area contributed by atoms with Crippen LogP contribution in [0, 0.1) is 5.41 Å². The topological polar surface area (TPSA) is 34.1 Å². The Labute approximate surface area is 78.0 Å². The summed E-state index contributed by atoms with van der Waals surface area (Å²) in [5.74, 6) is 0.324. The van der Waals surface area contributed by atoms with Crippen molar-refractivity contribution in [3.8, 4) is 0 Å². The maximum Gasteiger partial charge on any atom is 0.159 e. The quantitative estimate of drug-likeness (QED) is 0.568. The first kappa shape index (κ1) is 8.67. The minimum Gasteiger partial charge on any atom is -0.295 e. The molecule has 0 aromatic heterocycles. The van der Waals surface area contributed by atoms with E-state index < -0.39 is 0 Å². The molecule has 1 saturated carbocycles. The van der Waals surface area contributed by atoms with E-state index in [9.17, 15) is 9.59 Å². The Morgan fingerprint density at radius 2 is 2.00 bits per heavy atom. The highest BCUT2D eigenvalue weighted by Crippen LogP contribution is 2.44. The van der Waals surface area contributed by atoms with Crippen LogP contribution in [-0.4, -0.2) is 11.6 Å². The van der Waals surface area contributed by atoms with Crippen molar-refractivity contribution >= 4 is 11.6 Å². The number of carbonyl (C=O) groups excluding carboxylic acids is 2. The van der Waals surface area contributed by atoms with E-state index in [1.165, 1.54) is 0 Å². The minimum absolute atomic E-state index is 0.0171. The van der Waals surface area contributed by atoms with Gasteiger partial charge in [-0.05, 0) is 30.8 Å². The number of fused-ring (bicyclic) bond motifs is 1. The van der Waals surface area contributed by atoms with Crippen molar-refractivity contribution in [3.63, 3.8) is 0 Å². The highest BCUT2D eigenvalue weighted by molar-refractivity contribution is 6.05. The second-order valence-corrected chi connectivity index (χ2v) is 4.36. The SMILES string of the molecule is CC12CCCC(=O)C1=CC(=O)CC2. The maximum absolute atomic E-state index is 11.6. The van der Waals surface area contributed by atoms with E-state index in [1.54, 1.807) is 6.08 Å². The van der Waals surface area contributed by atoms with Gasteiger partial charge in [-0.2, -0.15) is 0 Å². The van der Waals surface area contributed by atoms with Gasteiger partial charge in [0, 0.05) is 18.4 Å². The largest absolute Gasteiger partial charge is 0.295 e. The predicted molar refractivity (Wildman–Crippen MR) is 49.3 cm³/mol. The van der Waals surface area contributed by atoms with Crippen LogP contribution in [0.4, 0.5) is 0 Å². The van der Waals surface area contributed by atoms with E-state index in [2.05, 4.69) is 6.92 Å². The third-order valence-electron chi connectivity index (χ3n) is 3.31. The molecule has 0 heterocycles. The molecule has 0 N–H and O–H groups in total. The number of hydrogen-bond donors (Lipinski definition) is 0. The molecule has 70 valence electrons. The van der Waals surface area contributed by atoms with E-state index in [1.807, 2.05) is 0 Å². The summed E-state index contributed by atoms with van der Waals surface area (Å²) >= 11 is 0. The fraction of sp³-hybridized carbons (Fsp3) is 0.636. The molecule has 2 aliphatic carbocycles. The van der Waals surface area contributed by atoms with Gasteiger partial charge in [0.05, 0.1) is 0 Å². The van der Waals surface area contributed by atoms with Gasteiger partial charge < -0.3 is 0 Å². The highest BCUT2D eigenvalue weighted by atomic mass is 16.1. The molecular formula is C11H14O2. The molecule has 0 amide bonds. The lowest BCUT2D eigenvalue weighted by atomic mass is 9.65. The van der Waals surface area contributed by atoms with Crippen LogP contribution in [-0.2, 0) is 9.59 Å². The number of Topliss-reactive ketones (excluding diaryl/α,β-unsaturated/α-hetero) is 1. The lowest BCUT2D eigenvalue weighted by Crippen LogP contribution is -2.33. The Hall–Kier alpha value is -0.920. The molecule has 2 rings (SSSR count). The van der Waals surface area contributed by atoms with Gasteiger partial charge in [-0.1, -0.05) is 6.92 Å². The lowest BCUT2D eigenvalue weighted by Gasteiger charge is -2.37. The Morgan fingerprint density at radius 1 is 1.23 bits per heavy atom. The average molecular weight is 178 g/mol. The molecule has 13 heavy (non-hydrogen) atoms. The average Bonchev–Trinajstić information content (AvgIpc) is 2.08. The van der Waals surface area contributed by atoms with Crippen molar-refractivity contribution in [1.29, 1.82) is 0 Å². The first-order chi connectivity index (χ1) is 6.12. The fourth-order valence-corrected chi connectivity index (χ4v) is 2.39. The number of carbonyl (C=O) groups is 2. The van der Waals surface area contributed by atoms with Crippen LogP contribution in [0.15, 0.2) is 11.6 Å². The van der Waals surface area contributed by atoms with Crippen molar-refractivity contribution < 1.29 is 9.59 Å². The molecule has 2 aliphatic rings. The fourth-order valence-electron chi connectivity index (χ4n) is 2.39. The molecule has 1 atom stereocenters. The summed E-state index contributed by atoms with van der Waals surface area (Å²) in [6.07, 6.45) is 5.76. The first-order valence-electron chi connectivity index (χ1n) is 4.90. The molecule has 1 fully saturated rings. The molecule has 2 heteroatoms. The molecule has 0 radical (unpaired) electrons. The van der Waals surface area contributed by atoms with Crippen molar-refractivity contribution in [2.75, 3.05) is 0 Å². The first-order valence-corrected chi connectivity index (χ1v) is 4.90. The van der Waals surface area contributed by atoms with Crippen LogP contribution in [0.1, 0.15) is 39.0 Å². The van der Waals surface area contributed by atoms with Gasteiger partial charge in [-0.15, -0.1) is 0 Å². The van der Waals surface area contributed by atoms with Crippen molar-refractivity contribution in [3.05, 3.63) is 11.6 Å². The van der Waals surface area contributed by atoms with Crippen LogP contribution < -0.4 is 0 Å².